The fraction of sp³-hybridized carbons (Fsp3) is 0.167. The number of hydrogen-bond donors (Lipinski definition) is 1. The molecule has 0 aliphatic heterocycles. The normalized spacial score (nSPS) is 19.0. The van der Waals surface area contributed by atoms with Gasteiger partial charge in [-0.15, -0.1) is 0 Å². The average Bonchev–Trinajstić information content (AvgIpc) is 2.77. The number of pyridine rings is 1. The number of sulfone groups is 1. The number of aromatic nitrogens is 1. The Labute approximate surface area is 198 Å². The van der Waals surface area contributed by atoms with E-state index in [4.69, 9.17) is 11.6 Å². The second kappa shape index (κ2) is 8.25. The molecule has 0 radical (unpaired) electrons. The third-order valence-electron chi connectivity index (χ3n) is 5.89. The summed E-state index contributed by atoms with van der Waals surface area (Å²) in [7, 11) is -4.07. The zero-order valence-corrected chi connectivity index (χ0v) is 19.2. The van der Waals surface area contributed by atoms with Crippen LogP contribution in [0.25, 0.3) is 22.0 Å². The summed E-state index contributed by atoms with van der Waals surface area (Å²) in [5, 5.41) is 9.61. The molecule has 0 saturated carbocycles. The number of allylic oxidation sites excluding steroid dienone is 2. The molecule has 1 aliphatic rings. The molecular formula is C24H17ClF3NO4S. The number of halogens is 4. The van der Waals surface area contributed by atoms with Crippen LogP contribution in [0.15, 0.2) is 77.5 Å². The fourth-order valence-corrected chi connectivity index (χ4v) is 6.38. The molecule has 176 valence electrons. The molecule has 0 saturated heterocycles. The van der Waals surface area contributed by atoms with Gasteiger partial charge in [0.2, 0.25) is 0 Å². The lowest BCUT2D eigenvalue weighted by Crippen LogP contribution is -2.39. The monoisotopic (exact) mass is 507 g/mol. The number of rotatable bonds is 4. The second-order valence-corrected chi connectivity index (χ2v) is 10.5. The number of nitrogens with zero attached hydrogens (tertiary/aromatic N) is 1. The predicted molar refractivity (Wildman–Crippen MR) is 123 cm³/mol. The molecule has 1 N–H and O–H groups in total. The molecule has 2 aromatic carbocycles. The Balaban J connectivity index is 2.07. The van der Waals surface area contributed by atoms with E-state index in [-0.39, 0.29) is 27.1 Å². The average molecular weight is 508 g/mol. The molecule has 34 heavy (non-hydrogen) atoms. The van der Waals surface area contributed by atoms with Crippen LogP contribution in [-0.2, 0) is 25.6 Å². The smallest absolute Gasteiger partial charge is 0.418 e. The van der Waals surface area contributed by atoms with E-state index in [1.165, 1.54) is 42.6 Å². The predicted octanol–water partition coefficient (Wildman–Crippen LogP) is 5.70. The summed E-state index contributed by atoms with van der Waals surface area (Å²) >= 11 is 6.47. The summed E-state index contributed by atoms with van der Waals surface area (Å²) in [4.78, 5) is 15.6. The maximum absolute atomic E-state index is 13.6. The van der Waals surface area contributed by atoms with E-state index in [1.54, 1.807) is 18.2 Å². The Kier molecular flexibility index (Phi) is 5.81. The SMILES string of the molecule is CS(=O)(=O)C1(c2ccccc2-c2ccnc3c(C(F)(F)F)cccc23)CC(C(=O)O)=CC=C1Cl. The van der Waals surface area contributed by atoms with Gasteiger partial charge in [0, 0.05) is 34.9 Å². The van der Waals surface area contributed by atoms with Crippen LogP contribution >= 0.6 is 11.6 Å². The minimum Gasteiger partial charge on any atom is -0.478 e. The lowest BCUT2D eigenvalue weighted by atomic mass is 9.82. The highest BCUT2D eigenvalue weighted by Crippen LogP contribution is 2.50. The minimum atomic E-state index is -4.64. The number of hydrogen-bond acceptors (Lipinski definition) is 4. The highest BCUT2D eigenvalue weighted by molar-refractivity contribution is 7.92. The Morgan fingerprint density at radius 2 is 1.76 bits per heavy atom. The van der Waals surface area contributed by atoms with Gasteiger partial charge in [0.05, 0.1) is 11.1 Å². The Morgan fingerprint density at radius 3 is 2.41 bits per heavy atom. The number of alkyl halides is 3. The number of carboxylic acids is 1. The van der Waals surface area contributed by atoms with Gasteiger partial charge in [0.1, 0.15) is 4.75 Å². The largest absolute Gasteiger partial charge is 0.478 e. The van der Waals surface area contributed by atoms with Crippen LogP contribution in [0, 0.1) is 0 Å². The first-order chi connectivity index (χ1) is 15.9. The van der Waals surface area contributed by atoms with E-state index in [1.807, 2.05) is 0 Å². The molecule has 3 aromatic rings. The van der Waals surface area contributed by atoms with Gasteiger partial charge in [-0.25, -0.2) is 13.2 Å². The zero-order valence-electron chi connectivity index (χ0n) is 17.6. The summed E-state index contributed by atoms with van der Waals surface area (Å²) in [5.74, 6) is -1.30. The standard InChI is InChI=1S/C24H17ClF3NO4S/c1-34(32,33)23(13-14(22(30)31)9-10-20(23)25)18-7-3-2-5-16(18)15-11-12-29-21-17(15)6-4-8-19(21)24(26,27)28/h2-12H,13H2,1H3,(H,30,31). The van der Waals surface area contributed by atoms with E-state index in [0.717, 1.165) is 12.3 Å². The van der Waals surface area contributed by atoms with Crippen molar-refractivity contribution in [3.8, 4) is 11.1 Å². The van der Waals surface area contributed by atoms with E-state index in [0.29, 0.717) is 11.1 Å². The van der Waals surface area contributed by atoms with Gasteiger partial charge in [-0.1, -0.05) is 54.1 Å². The number of benzene rings is 2. The molecule has 0 spiro atoms. The van der Waals surface area contributed by atoms with Crippen LogP contribution in [0.2, 0.25) is 0 Å². The molecule has 1 unspecified atom stereocenters. The first-order valence-electron chi connectivity index (χ1n) is 9.92. The topological polar surface area (TPSA) is 84.3 Å². The summed E-state index contributed by atoms with van der Waals surface area (Å²) in [5.41, 5.74) is -0.594. The van der Waals surface area contributed by atoms with Crippen molar-refractivity contribution in [1.82, 2.24) is 4.98 Å². The van der Waals surface area contributed by atoms with E-state index in [9.17, 15) is 31.5 Å². The van der Waals surface area contributed by atoms with Gasteiger partial charge in [-0.2, -0.15) is 13.2 Å². The van der Waals surface area contributed by atoms with Crippen molar-refractivity contribution in [3.05, 3.63) is 88.6 Å². The van der Waals surface area contributed by atoms with E-state index < -0.39 is 38.7 Å². The fourth-order valence-electron chi connectivity index (χ4n) is 4.31. The Bertz CT molecular complexity index is 1500. The highest BCUT2D eigenvalue weighted by atomic mass is 35.5. The highest BCUT2D eigenvalue weighted by Gasteiger charge is 2.49. The van der Waals surface area contributed by atoms with Crippen molar-refractivity contribution in [2.75, 3.05) is 6.26 Å². The third-order valence-corrected chi connectivity index (χ3v) is 8.30. The summed E-state index contributed by atoms with van der Waals surface area (Å²) in [6, 6.07) is 11.4. The third kappa shape index (κ3) is 3.78. The molecule has 0 fully saturated rings. The molecule has 1 aromatic heterocycles. The summed E-state index contributed by atoms with van der Waals surface area (Å²) < 4.78 is 65.3. The van der Waals surface area contributed by atoms with Crippen LogP contribution in [0.3, 0.4) is 0 Å². The lowest BCUT2D eigenvalue weighted by molar-refractivity contribution is -0.136. The molecule has 1 heterocycles. The van der Waals surface area contributed by atoms with Crippen LogP contribution < -0.4 is 0 Å². The van der Waals surface area contributed by atoms with Crippen molar-refractivity contribution in [2.45, 2.75) is 17.3 Å². The van der Waals surface area contributed by atoms with Crippen molar-refractivity contribution in [1.29, 1.82) is 0 Å². The molecule has 5 nitrogen and oxygen atoms in total. The van der Waals surface area contributed by atoms with E-state index in [2.05, 4.69) is 4.98 Å². The molecule has 4 rings (SSSR count). The zero-order chi connectivity index (χ0) is 24.9. The number of carbonyl (C=O) groups is 1. The second-order valence-electron chi connectivity index (χ2n) is 7.89. The lowest BCUT2D eigenvalue weighted by Gasteiger charge is -2.36. The molecule has 0 amide bonds. The molecular weight excluding hydrogens is 491 g/mol. The van der Waals surface area contributed by atoms with Gasteiger partial charge < -0.3 is 5.11 Å². The molecule has 10 heteroatoms. The van der Waals surface area contributed by atoms with Gasteiger partial charge in [-0.05, 0) is 34.9 Å². The maximum atomic E-state index is 13.6. The quantitative estimate of drug-likeness (QED) is 0.490. The molecule has 0 bridgehead atoms. The van der Waals surface area contributed by atoms with E-state index >= 15 is 0 Å². The summed E-state index contributed by atoms with van der Waals surface area (Å²) in [6.45, 7) is 0. The van der Waals surface area contributed by atoms with Crippen molar-refractivity contribution >= 4 is 38.3 Å². The first-order valence-corrected chi connectivity index (χ1v) is 12.2. The van der Waals surface area contributed by atoms with Gasteiger partial charge in [-0.3, -0.25) is 4.98 Å². The Hall–Kier alpha value is -3.17. The Morgan fingerprint density at radius 1 is 1.06 bits per heavy atom. The number of fused-ring (bicyclic) bond motifs is 1. The number of aliphatic carboxylic acids is 1. The van der Waals surface area contributed by atoms with Gasteiger partial charge >= 0.3 is 12.1 Å². The summed E-state index contributed by atoms with van der Waals surface area (Å²) in [6.07, 6.45) is -0.429. The maximum Gasteiger partial charge on any atom is 0.418 e. The van der Waals surface area contributed by atoms with Crippen LogP contribution in [0.5, 0.6) is 0 Å². The van der Waals surface area contributed by atoms with Crippen molar-refractivity contribution in [3.63, 3.8) is 0 Å². The van der Waals surface area contributed by atoms with Crippen molar-refractivity contribution < 1.29 is 31.5 Å². The van der Waals surface area contributed by atoms with Crippen LogP contribution in [0.4, 0.5) is 13.2 Å². The minimum absolute atomic E-state index is 0.109. The molecule has 1 atom stereocenters. The number of para-hydroxylation sites is 1. The van der Waals surface area contributed by atoms with Crippen LogP contribution in [-0.4, -0.2) is 30.7 Å². The van der Waals surface area contributed by atoms with Crippen molar-refractivity contribution in [2.24, 2.45) is 0 Å². The van der Waals surface area contributed by atoms with Gasteiger partial charge in [0.15, 0.2) is 9.84 Å². The van der Waals surface area contributed by atoms with Gasteiger partial charge in [0.25, 0.3) is 0 Å². The molecule has 1 aliphatic carbocycles. The first kappa shape index (κ1) is 24.0. The number of carboxylic acid groups (broad SMARTS) is 1. The van der Waals surface area contributed by atoms with Crippen LogP contribution in [0.1, 0.15) is 17.5 Å².